The van der Waals surface area contributed by atoms with Crippen LogP contribution in [0.15, 0.2) is 194 Å². The molecule has 4 atom stereocenters. The predicted molar refractivity (Wildman–Crippen MR) is 289 cm³/mol. The molecular weight excluding hydrogens is 837 g/mol. The zero-order chi connectivity index (χ0) is 45.2. The molecule has 2 heteroatoms. The van der Waals surface area contributed by atoms with Crippen LogP contribution in [0.5, 0.6) is 0 Å². The molecule has 330 valence electrons. The fourth-order valence-electron chi connectivity index (χ4n) is 16.2. The van der Waals surface area contributed by atoms with E-state index in [1.165, 1.54) is 95.9 Å². The summed E-state index contributed by atoms with van der Waals surface area (Å²) in [6.45, 7) is 10.7. The van der Waals surface area contributed by atoms with Gasteiger partial charge in [-0.15, -0.1) is 0 Å². The van der Waals surface area contributed by atoms with Crippen molar-refractivity contribution >= 4 is 47.3 Å². The third-order valence-corrected chi connectivity index (χ3v) is 31.9. The number of rotatable bonds is 6. The van der Waals surface area contributed by atoms with Crippen molar-refractivity contribution < 1.29 is 0 Å². The highest BCUT2D eigenvalue weighted by Gasteiger charge is 2.70. The van der Waals surface area contributed by atoms with E-state index in [0.29, 0.717) is 0 Å². The summed E-state index contributed by atoms with van der Waals surface area (Å²) >= 11 is 0. The fraction of sp³-hybridized carbons (Fsp3) is 0.262. The molecule has 3 aliphatic carbocycles. The molecule has 5 aliphatic rings. The first-order valence-electron chi connectivity index (χ1n) is 25.5. The molecule has 67 heavy (non-hydrogen) atoms. The van der Waals surface area contributed by atoms with E-state index in [4.69, 9.17) is 0 Å². The van der Waals surface area contributed by atoms with Gasteiger partial charge in [0.15, 0.2) is 16.1 Å². The Labute approximate surface area is 401 Å². The Morgan fingerprint density at radius 3 is 1.00 bits per heavy atom. The Morgan fingerprint density at radius 2 is 0.642 bits per heavy atom. The second-order valence-electron chi connectivity index (χ2n) is 22.1. The third kappa shape index (κ3) is 5.30. The lowest BCUT2D eigenvalue weighted by Gasteiger charge is -2.54. The molecule has 2 saturated carbocycles. The van der Waals surface area contributed by atoms with Gasteiger partial charge in [0.2, 0.25) is 0 Å². The van der Waals surface area contributed by atoms with Crippen LogP contribution >= 0.6 is 0 Å². The molecule has 2 fully saturated rings. The van der Waals surface area contributed by atoms with E-state index in [0.717, 1.165) is 6.42 Å². The number of hydrogen-bond acceptors (Lipinski definition) is 0. The van der Waals surface area contributed by atoms with Gasteiger partial charge in [-0.25, -0.2) is 0 Å². The molecule has 8 aromatic rings. The predicted octanol–water partition coefficient (Wildman–Crippen LogP) is 12.7. The minimum atomic E-state index is -2.46. The lowest BCUT2D eigenvalue weighted by molar-refractivity contribution is 0.241. The number of hydrogen-bond donors (Lipinski definition) is 0. The molecule has 8 aromatic carbocycles. The summed E-state index contributed by atoms with van der Waals surface area (Å²) in [4.78, 5) is 0. The van der Waals surface area contributed by atoms with Gasteiger partial charge in [0, 0.05) is 0 Å². The molecule has 13 rings (SSSR count). The summed E-state index contributed by atoms with van der Waals surface area (Å²) in [5.74, 6) is 0. The van der Waals surface area contributed by atoms with Gasteiger partial charge in [0.25, 0.3) is 0 Å². The number of benzene rings is 8. The first-order chi connectivity index (χ1) is 32.7. The van der Waals surface area contributed by atoms with Crippen LogP contribution in [0.4, 0.5) is 0 Å². The van der Waals surface area contributed by atoms with E-state index in [1.54, 1.807) is 42.2 Å². The summed E-state index contributed by atoms with van der Waals surface area (Å²) in [5.41, 5.74) is 14.5. The second kappa shape index (κ2) is 14.8. The van der Waals surface area contributed by atoms with Gasteiger partial charge in [0.1, 0.15) is 0 Å². The first-order valence-corrected chi connectivity index (χ1v) is 29.5. The van der Waals surface area contributed by atoms with Crippen LogP contribution in [0.2, 0.25) is 10.1 Å². The zero-order valence-corrected chi connectivity index (χ0v) is 41.8. The molecule has 0 aromatic heterocycles. The standard InChI is InChI=1S/C65H62Si2/c1-62-37-17-19-39-64(62,3)66(52-21-9-5-10-22-52,53-23-11-6-12-24-53)60-35-33-48(44-58(60)62)46-29-31-50-41-51-32-30-47(43-57(51)56(50)42-46)49-34-36-61-59(45-49)63(2)38-18-20-40-65(63,4)67(61,54-25-13-7-14-26-54)55-27-15-8-16-28-55/h5-16,21-36,42-45H,17-20,37-41H2,1-4H3. The molecule has 2 heterocycles. The molecule has 0 bridgehead atoms. The van der Waals surface area contributed by atoms with Gasteiger partial charge < -0.3 is 0 Å². The summed E-state index contributed by atoms with van der Waals surface area (Å²) in [5, 5.41) is 9.85. The third-order valence-electron chi connectivity index (χ3n) is 19.7. The highest BCUT2D eigenvalue weighted by molar-refractivity contribution is 7.15. The largest absolute Gasteiger partial charge is 0.155 e. The van der Waals surface area contributed by atoms with Crippen LogP contribution in [0.3, 0.4) is 0 Å². The minimum Gasteiger partial charge on any atom is -0.0624 e. The van der Waals surface area contributed by atoms with Gasteiger partial charge in [0.05, 0.1) is 0 Å². The van der Waals surface area contributed by atoms with Gasteiger partial charge in [-0.05, 0) is 152 Å². The van der Waals surface area contributed by atoms with Crippen LogP contribution in [0.25, 0.3) is 33.4 Å². The Balaban J connectivity index is 0.927. The maximum absolute atomic E-state index is 2.70. The normalized spacial score (nSPS) is 25.9. The minimum absolute atomic E-state index is 0.0963. The van der Waals surface area contributed by atoms with Crippen LogP contribution in [-0.2, 0) is 17.3 Å². The topological polar surface area (TPSA) is 0 Å². The van der Waals surface area contributed by atoms with Crippen molar-refractivity contribution in [1.82, 2.24) is 0 Å². The Hall–Kier alpha value is -5.81. The van der Waals surface area contributed by atoms with E-state index in [9.17, 15) is 0 Å². The molecule has 2 aliphatic heterocycles. The van der Waals surface area contributed by atoms with Gasteiger partial charge in [-0.1, -0.05) is 235 Å². The zero-order valence-electron chi connectivity index (χ0n) is 39.8. The molecule has 0 spiro atoms. The molecule has 0 amide bonds. The lowest BCUT2D eigenvalue weighted by atomic mass is 9.64. The van der Waals surface area contributed by atoms with Gasteiger partial charge >= 0.3 is 0 Å². The van der Waals surface area contributed by atoms with Crippen molar-refractivity contribution in [1.29, 1.82) is 0 Å². The highest BCUT2D eigenvalue weighted by atomic mass is 28.3. The van der Waals surface area contributed by atoms with Gasteiger partial charge in [-0.2, -0.15) is 0 Å². The van der Waals surface area contributed by atoms with Crippen LogP contribution < -0.4 is 31.1 Å². The lowest BCUT2D eigenvalue weighted by Crippen LogP contribution is -2.72. The maximum atomic E-state index is 2.70. The number of fused-ring (bicyclic) bond motifs is 9. The van der Waals surface area contributed by atoms with Crippen molar-refractivity contribution in [2.75, 3.05) is 0 Å². The molecule has 0 saturated heterocycles. The maximum Gasteiger partial charge on any atom is 0.155 e. The fourth-order valence-corrected chi connectivity index (χ4v) is 30.1. The van der Waals surface area contributed by atoms with Crippen LogP contribution in [0, 0.1) is 0 Å². The van der Waals surface area contributed by atoms with Crippen molar-refractivity contribution in [2.24, 2.45) is 0 Å². The van der Waals surface area contributed by atoms with E-state index in [-0.39, 0.29) is 20.9 Å². The van der Waals surface area contributed by atoms with Crippen molar-refractivity contribution in [3.05, 3.63) is 216 Å². The summed E-state index contributed by atoms with van der Waals surface area (Å²) in [7, 11) is -4.91. The Kier molecular flexibility index (Phi) is 9.17. The summed E-state index contributed by atoms with van der Waals surface area (Å²) in [6, 6.07) is 77.2. The smallest absolute Gasteiger partial charge is 0.0624 e. The first kappa shape index (κ1) is 41.4. The van der Waals surface area contributed by atoms with Gasteiger partial charge in [-0.3, -0.25) is 0 Å². The van der Waals surface area contributed by atoms with Crippen molar-refractivity contribution in [3.8, 4) is 33.4 Å². The van der Waals surface area contributed by atoms with E-state index in [1.807, 2.05) is 0 Å². The van der Waals surface area contributed by atoms with E-state index < -0.39 is 16.1 Å². The molecule has 0 radical (unpaired) electrons. The van der Waals surface area contributed by atoms with E-state index >= 15 is 0 Å². The van der Waals surface area contributed by atoms with Crippen molar-refractivity contribution in [3.63, 3.8) is 0 Å². The van der Waals surface area contributed by atoms with Crippen LogP contribution in [-0.4, -0.2) is 16.1 Å². The molecule has 0 nitrogen and oxygen atoms in total. The van der Waals surface area contributed by atoms with Crippen molar-refractivity contribution in [2.45, 2.75) is 106 Å². The van der Waals surface area contributed by atoms with E-state index in [2.05, 4.69) is 222 Å². The molecule has 0 N–H and O–H groups in total. The Bertz CT molecular complexity index is 2930. The molecular formula is C65H62Si2. The summed E-state index contributed by atoms with van der Waals surface area (Å²) in [6.07, 6.45) is 11.2. The average molecular weight is 899 g/mol. The summed E-state index contributed by atoms with van der Waals surface area (Å²) < 4.78 is 0. The average Bonchev–Trinajstić information content (AvgIpc) is 3.90. The SMILES string of the molecule is CC12CCCCC1(C)[Si](c1ccccc1)(c1ccccc1)c1ccc(-c3ccc4c(c3)-c3cc(-c5ccc6c(c5)C5(C)CCCCC5(C)[Si]6(c5ccccc5)c5ccccc5)ccc3C4)cc12. The second-order valence-corrected chi connectivity index (χ2v) is 30.7. The quantitative estimate of drug-likeness (QED) is 0.146. The highest BCUT2D eigenvalue weighted by Crippen LogP contribution is 2.67. The molecule has 4 unspecified atom stereocenters. The Morgan fingerprint density at radius 1 is 0.328 bits per heavy atom. The van der Waals surface area contributed by atoms with Crippen LogP contribution in [0.1, 0.15) is 101 Å². The monoisotopic (exact) mass is 898 g/mol.